The van der Waals surface area contributed by atoms with Gasteiger partial charge in [-0.15, -0.1) is 24.8 Å². The number of rotatable bonds is 5. The maximum absolute atomic E-state index is 12.4. The fourth-order valence-electron chi connectivity index (χ4n) is 3.29. The summed E-state index contributed by atoms with van der Waals surface area (Å²) in [6.45, 7) is 5.00. The van der Waals surface area contributed by atoms with E-state index in [0.717, 1.165) is 38.0 Å². The maximum Gasteiger partial charge on any atom is 0.241 e. The predicted octanol–water partition coefficient (Wildman–Crippen LogP) is 3.62. The van der Waals surface area contributed by atoms with Crippen LogP contribution in [-0.2, 0) is 11.3 Å². The smallest absolute Gasteiger partial charge is 0.241 e. The molecule has 6 heteroatoms. The van der Waals surface area contributed by atoms with Crippen LogP contribution in [0, 0.1) is 6.92 Å². The van der Waals surface area contributed by atoms with Crippen molar-refractivity contribution in [2.24, 2.45) is 5.73 Å². The van der Waals surface area contributed by atoms with Crippen LogP contribution in [0.25, 0.3) is 0 Å². The molecule has 1 saturated heterocycles. The van der Waals surface area contributed by atoms with Gasteiger partial charge in [0.05, 0.1) is 0 Å². The zero-order chi connectivity index (χ0) is 17.6. The molecule has 1 aliphatic heterocycles. The van der Waals surface area contributed by atoms with Crippen molar-refractivity contribution in [3.05, 3.63) is 71.3 Å². The molecular formula is C21H29Cl2N3O. The Kier molecular flexibility index (Phi) is 9.81. The second-order valence-corrected chi connectivity index (χ2v) is 6.93. The molecule has 148 valence electrons. The maximum atomic E-state index is 12.4. The van der Waals surface area contributed by atoms with Gasteiger partial charge in [0.25, 0.3) is 0 Å². The number of carbonyl (C=O) groups is 1. The summed E-state index contributed by atoms with van der Waals surface area (Å²) < 4.78 is 0. The number of hydrogen-bond donors (Lipinski definition) is 2. The zero-order valence-corrected chi connectivity index (χ0v) is 17.3. The van der Waals surface area contributed by atoms with Crippen LogP contribution in [0.15, 0.2) is 54.6 Å². The summed E-state index contributed by atoms with van der Waals surface area (Å²) in [4.78, 5) is 14.9. The van der Waals surface area contributed by atoms with Crippen molar-refractivity contribution in [3.63, 3.8) is 0 Å². The number of benzene rings is 2. The molecule has 0 bridgehead atoms. The van der Waals surface area contributed by atoms with Gasteiger partial charge in [0, 0.05) is 25.7 Å². The van der Waals surface area contributed by atoms with Crippen LogP contribution in [0.2, 0.25) is 0 Å². The molecule has 1 unspecified atom stereocenters. The molecule has 4 nitrogen and oxygen atoms in total. The third kappa shape index (κ3) is 6.82. The standard InChI is InChI=1S/C21H27N3O.2ClH/c1-16-7-9-18(10-8-16)20(22)21(25)23-19-11-13-24(14-12-19)15-17-5-3-2-4-6-17;;/h2-10,19-20H,11-15,22H2,1H3,(H,23,25);2*1H. The third-order valence-corrected chi connectivity index (χ3v) is 4.90. The predicted molar refractivity (Wildman–Crippen MR) is 115 cm³/mol. The van der Waals surface area contributed by atoms with Crippen LogP contribution >= 0.6 is 24.8 Å². The van der Waals surface area contributed by atoms with Gasteiger partial charge in [0.15, 0.2) is 0 Å². The number of amides is 1. The van der Waals surface area contributed by atoms with E-state index in [1.807, 2.05) is 37.3 Å². The number of halogens is 2. The second kappa shape index (κ2) is 11.3. The van der Waals surface area contributed by atoms with E-state index >= 15 is 0 Å². The Morgan fingerprint density at radius 2 is 1.67 bits per heavy atom. The van der Waals surface area contributed by atoms with Gasteiger partial charge in [-0.25, -0.2) is 0 Å². The van der Waals surface area contributed by atoms with Gasteiger partial charge in [-0.3, -0.25) is 9.69 Å². The topological polar surface area (TPSA) is 58.4 Å². The normalized spacial score (nSPS) is 15.9. The first-order valence-electron chi connectivity index (χ1n) is 9.00. The highest BCUT2D eigenvalue weighted by Gasteiger charge is 2.23. The average Bonchev–Trinajstić information content (AvgIpc) is 2.64. The fourth-order valence-corrected chi connectivity index (χ4v) is 3.29. The summed E-state index contributed by atoms with van der Waals surface area (Å²) in [5, 5.41) is 3.13. The molecule has 27 heavy (non-hydrogen) atoms. The van der Waals surface area contributed by atoms with E-state index in [4.69, 9.17) is 5.73 Å². The van der Waals surface area contributed by atoms with E-state index in [9.17, 15) is 4.79 Å². The van der Waals surface area contributed by atoms with Gasteiger partial charge in [0.1, 0.15) is 6.04 Å². The molecule has 0 radical (unpaired) electrons. The quantitative estimate of drug-likeness (QED) is 0.792. The second-order valence-electron chi connectivity index (χ2n) is 6.93. The number of nitrogens with two attached hydrogens (primary N) is 1. The van der Waals surface area contributed by atoms with Gasteiger partial charge in [-0.1, -0.05) is 60.2 Å². The van der Waals surface area contributed by atoms with E-state index < -0.39 is 6.04 Å². The van der Waals surface area contributed by atoms with Crippen LogP contribution in [-0.4, -0.2) is 29.9 Å². The minimum Gasteiger partial charge on any atom is -0.352 e. The van der Waals surface area contributed by atoms with Crippen molar-refractivity contribution < 1.29 is 4.79 Å². The van der Waals surface area contributed by atoms with Crippen LogP contribution in [0.4, 0.5) is 0 Å². The molecule has 2 aromatic rings. The minimum atomic E-state index is -0.594. The molecule has 0 spiro atoms. The SMILES string of the molecule is Cc1ccc(C(N)C(=O)NC2CCN(Cc3ccccc3)CC2)cc1.Cl.Cl. The van der Waals surface area contributed by atoms with Gasteiger partial charge < -0.3 is 11.1 Å². The van der Waals surface area contributed by atoms with E-state index in [1.165, 1.54) is 11.1 Å². The largest absolute Gasteiger partial charge is 0.352 e. The Labute approximate surface area is 174 Å². The van der Waals surface area contributed by atoms with Crippen LogP contribution in [0.3, 0.4) is 0 Å². The number of aryl methyl sites for hydroxylation is 1. The number of hydrogen-bond acceptors (Lipinski definition) is 3. The van der Waals surface area contributed by atoms with Crippen molar-refractivity contribution in [3.8, 4) is 0 Å². The van der Waals surface area contributed by atoms with E-state index in [-0.39, 0.29) is 36.8 Å². The lowest BCUT2D eigenvalue weighted by molar-refractivity contribution is -0.123. The fraction of sp³-hybridized carbons (Fsp3) is 0.381. The Bertz CT molecular complexity index is 686. The van der Waals surface area contributed by atoms with E-state index in [1.54, 1.807) is 0 Å². The summed E-state index contributed by atoms with van der Waals surface area (Å²) in [6, 6.07) is 18.0. The molecule has 2 aromatic carbocycles. The highest BCUT2D eigenvalue weighted by atomic mass is 35.5. The average molecular weight is 410 g/mol. The molecular weight excluding hydrogens is 381 g/mol. The molecule has 0 aromatic heterocycles. The van der Waals surface area contributed by atoms with Crippen molar-refractivity contribution in [1.29, 1.82) is 0 Å². The van der Waals surface area contributed by atoms with E-state index in [2.05, 4.69) is 34.5 Å². The van der Waals surface area contributed by atoms with Gasteiger partial charge >= 0.3 is 0 Å². The summed E-state index contributed by atoms with van der Waals surface area (Å²) >= 11 is 0. The zero-order valence-electron chi connectivity index (χ0n) is 15.6. The lowest BCUT2D eigenvalue weighted by Crippen LogP contribution is -2.46. The summed E-state index contributed by atoms with van der Waals surface area (Å²) in [5.41, 5.74) is 9.49. The molecule has 1 atom stereocenters. The Morgan fingerprint density at radius 3 is 2.26 bits per heavy atom. The van der Waals surface area contributed by atoms with Gasteiger partial charge in [-0.2, -0.15) is 0 Å². The van der Waals surface area contributed by atoms with Crippen molar-refractivity contribution in [1.82, 2.24) is 10.2 Å². The summed E-state index contributed by atoms with van der Waals surface area (Å²) in [6.07, 6.45) is 1.94. The van der Waals surface area contributed by atoms with E-state index in [0.29, 0.717) is 0 Å². The minimum absolute atomic E-state index is 0. The van der Waals surface area contributed by atoms with Crippen LogP contribution < -0.4 is 11.1 Å². The number of nitrogens with one attached hydrogen (secondary N) is 1. The van der Waals surface area contributed by atoms with Gasteiger partial charge in [0.2, 0.25) is 5.91 Å². The molecule has 0 aliphatic carbocycles. The first kappa shape index (κ1) is 23.4. The Balaban J connectivity index is 0.00000182. The number of nitrogens with zero attached hydrogens (tertiary/aromatic N) is 1. The van der Waals surface area contributed by atoms with Crippen molar-refractivity contribution in [2.75, 3.05) is 13.1 Å². The van der Waals surface area contributed by atoms with Crippen molar-refractivity contribution >= 4 is 30.7 Å². The lowest BCUT2D eigenvalue weighted by Gasteiger charge is -2.32. The number of likely N-dealkylation sites (tertiary alicyclic amines) is 1. The monoisotopic (exact) mass is 409 g/mol. The number of carbonyl (C=O) groups excluding carboxylic acids is 1. The summed E-state index contributed by atoms with van der Waals surface area (Å²) in [5.74, 6) is -0.0784. The molecule has 0 saturated carbocycles. The Hall–Kier alpha value is -1.59. The molecule has 3 rings (SSSR count). The van der Waals surface area contributed by atoms with Gasteiger partial charge in [-0.05, 0) is 30.9 Å². The number of piperidine rings is 1. The molecule has 3 N–H and O–H groups in total. The molecule has 1 fully saturated rings. The molecule has 1 aliphatic rings. The highest BCUT2D eigenvalue weighted by molar-refractivity contribution is 5.85. The first-order valence-corrected chi connectivity index (χ1v) is 9.00. The highest BCUT2D eigenvalue weighted by Crippen LogP contribution is 2.16. The van der Waals surface area contributed by atoms with Crippen molar-refractivity contribution in [2.45, 2.75) is 38.4 Å². The Morgan fingerprint density at radius 1 is 1.07 bits per heavy atom. The molecule has 1 heterocycles. The summed E-state index contributed by atoms with van der Waals surface area (Å²) in [7, 11) is 0. The third-order valence-electron chi connectivity index (χ3n) is 4.90. The van der Waals surface area contributed by atoms with Crippen LogP contribution in [0.5, 0.6) is 0 Å². The first-order chi connectivity index (χ1) is 12.1. The lowest BCUT2D eigenvalue weighted by atomic mass is 10.0. The molecule has 1 amide bonds. The van der Waals surface area contributed by atoms with Crippen LogP contribution in [0.1, 0.15) is 35.6 Å².